The van der Waals surface area contributed by atoms with Crippen LogP contribution in [0, 0.1) is 12.7 Å². The molecular weight excluding hydrogens is 377 g/mol. The molecule has 5 heteroatoms. The van der Waals surface area contributed by atoms with Gasteiger partial charge in [-0.05, 0) is 24.6 Å². The summed E-state index contributed by atoms with van der Waals surface area (Å²) in [6, 6.07) is 20.8. The van der Waals surface area contributed by atoms with E-state index in [0.29, 0.717) is 23.6 Å². The second-order valence-electron chi connectivity index (χ2n) is 6.42. The van der Waals surface area contributed by atoms with E-state index < -0.39 is 0 Å². The summed E-state index contributed by atoms with van der Waals surface area (Å²) in [7, 11) is 1.61. The van der Waals surface area contributed by atoms with E-state index in [-0.39, 0.29) is 24.8 Å². The Morgan fingerprint density at radius 2 is 1.57 bits per heavy atom. The molecule has 3 nitrogen and oxygen atoms in total. The first-order valence-corrected chi connectivity index (χ1v) is 8.95. The van der Waals surface area contributed by atoms with Crippen molar-refractivity contribution in [2.45, 2.75) is 26.6 Å². The van der Waals surface area contributed by atoms with Gasteiger partial charge in [0.2, 0.25) is 0 Å². The molecule has 0 radical (unpaired) electrons. The SMILES string of the molecule is COc1cccc(CNCc2ccc(C)cc2)c1OCc1ccccc1F.[Cl-]. The fourth-order valence-corrected chi connectivity index (χ4v) is 2.84. The van der Waals surface area contributed by atoms with Crippen LogP contribution in [0.5, 0.6) is 11.5 Å². The molecule has 1 N–H and O–H groups in total. The van der Waals surface area contributed by atoms with Crippen LogP contribution in [0.1, 0.15) is 22.3 Å². The number of halogens is 2. The number of ether oxygens (including phenoxy) is 2. The van der Waals surface area contributed by atoms with Crippen molar-refractivity contribution in [1.29, 1.82) is 0 Å². The fraction of sp³-hybridized carbons (Fsp3) is 0.217. The molecule has 0 aliphatic heterocycles. The first-order chi connectivity index (χ1) is 13.2. The van der Waals surface area contributed by atoms with E-state index >= 15 is 0 Å². The average molecular weight is 401 g/mol. The number of para-hydroxylation sites is 1. The second kappa shape index (κ2) is 10.7. The van der Waals surface area contributed by atoms with Crippen LogP contribution in [-0.4, -0.2) is 7.11 Å². The molecule has 0 aromatic heterocycles. The van der Waals surface area contributed by atoms with Crippen molar-refractivity contribution < 1.29 is 26.3 Å². The van der Waals surface area contributed by atoms with E-state index in [2.05, 4.69) is 36.5 Å². The molecule has 0 bridgehead atoms. The Morgan fingerprint density at radius 3 is 2.29 bits per heavy atom. The summed E-state index contributed by atoms with van der Waals surface area (Å²) in [5.74, 6) is 1.01. The summed E-state index contributed by atoms with van der Waals surface area (Å²) in [4.78, 5) is 0. The summed E-state index contributed by atoms with van der Waals surface area (Å²) in [6.45, 7) is 3.60. The summed E-state index contributed by atoms with van der Waals surface area (Å²) in [6.07, 6.45) is 0. The van der Waals surface area contributed by atoms with Crippen molar-refractivity contribution in [2.75, 3.05) is 7.11 Å². The molecule has 0 saturated heterocycles. The molecular formula is C23H24ClFNO2-. The Labute approximate surface area is 171 Å². The molecule has 0 aliphatic rings. The summed E-state index contributed by atoms with van der Waals surface area (Å²) in [5.41, 5.74) is 3.95. The van der Waals surface area contributed by atoms with Crippen LogP contribution < -0.4 is 27.2 Å². The lowest BCUT2D eigenvalue weighted by Crippen LogP contribution is -3.00. The van der Waals surface area contributed by atoms with Crippen LogP contribution in [0.25, 0.3) is 0 Å². The largest absolute Gasteiger partial charge is 1.00 e. The van der Waals surface area contributed by atoms with E-state index in [1.54, 1.807) is 25.3 Å². The van der Waals surface area contributed by atoms with Crippen molar-refractivity contribution in [3.8, 4) is 11.5 Å². The van der Waals surface area contributed by atoms with Crippen LogP contribution in [0.3, 0.4) is 0 Å². The van der Waals surface area contributed by atoms with Crippen molar-refractivity contribution >= 4 is 0 Å². The van der Waals surface area contributed by atoms with Gasteiger partial charge >= 0.3 is 0 Å². The summed E-state index contributed by atoms with van der Waals surface area (Å²) < 4.78 is 25.2. The average Bonchev–Trinajstić information content (AvgIpc) is 2.69. The minimum atomic E-state index is -0.272. The molecule has 0 spiro atoms. The van der Waals surface area contributed by atoms with Crippen LogP contribution >= 0.6 is 0 Å². The highest BCUT2D eigenvalue weighted by Crippen LogP contribution is 2.32. The third-order valence-electron chi connectivity index (χ3n) is 4.38. The van der Waals surface area contributed by atoms with E-state index in [4.69, 9.17) is 9.47 Å². The highest BCUT2D eigenvalue weighted by molar-refractivity contribution is 5.46. The lowest BCUT2D eigenvalue weighted by Gasteiger charge is -2.16. The predicted molar refractivity (Wildman–Crippen MR) is 105 cm³/mol. The topological polar surface area (TPSA) is 30.5 Å². The number of aryl methyl sites for hydroxylation is 1. The number of hydrogen-bond acceptors (Lipinski definition) is 3. The number of hydrogen-bond donors (Lipinski definition) is 1. The number of rotatable bonds is 8. The Morgan fingerprint density at radius 1 is 0.857 bits per heavy atom. The molecule has 28 heavy (non-hydrogen) atoms. The fourth-order valence-electron chi connectivity index (χ4n) is 2.84. The van der Waals surface area contributed by atoms with Crippen molar-refractivity contribution in [1.82, 2.24) is 5.32 Å². The number of benzene rings is 3. The zero-order chi connectivity index (χ0) is 19.1. The van der Waals surface area contributed by atoms with E-state index in [9.17, 15) is 4.39 Å². The Kier molecular flexibility index (Phi) is 8.30. The van der Waals surface area contributed by atoms with Gasteiger partial charge in [-0.3, -0.25) is 0 Å². The van der Waals surface area contributed by atoms with Crippen LogP contribution in [0.15, 0.2) is 66.7 Å². The van der Waals surface area contributed by atoms with Crippen molar-refractivity contribution in [3.05, 3.63) is 94.8 Å². The number of nitrogens with one attached hydrogen (secondary N) is 1. The molecule has 3 aromatic rings. The third-order valence-corrected chi connectivity index (χ3v) is 4.38. The monoisotopic (exact) mass is 400 g/mol. The van der Waals surface area contributed by atoms with Crippen LogP contribution in [0.4, 0.5) is 4.39 Å². The van der Waals surface area contributed by atoms with Gasteiger partial charge in [-0.15, -0.1) is 0 Å². The maximum absolute atomic E-state index is 13.9. The Hall–Kier alpha value is -2.56. The van der Waals surface area contributed by atoms with Crippen LogP contribution in [0.2, 0.25) is 0 Å². The predicted octanol–water partition coefficient (Wildman–Crippen LogP) is 2.02. The quantitative estimate of drug-likeness (QED) is 0.627. The van der Waals surface area contributed by atoms with Crippen molar-refractivity contribution in [3.63, 3.8) is 0 Å². The van der Waals surface area contributed by atoms with Crippen LogP contribution in [-0.2, 0) is 19.7 Å². The van der Waals surface area contributed by atoms with Gasteiger partial charge in [-0.2, -0.15) is 0 Å². The molecule has 3 aromatic carbocycles. The molecule has 0 amide bonds. The zero-order valence-corrected chi connectivity index (χ0v) is 16.8. The molecule has 0 fully saturated rings. The molecule has 148 valence electrons. The molecule has 3 rings (SSSR count). The van der Waals surface area contributed by atoms with Gasteiger partial charge < -0.3 is 27.2 Å². The van der Waals surface area contributed by atoms with Gasteiger partial charge in [-0.1, -0.05) is 60.2 Å². The second-order valence-corrected chi connectivity index (χ2v) is 6.42. The van der Waals surface area contributed by atoms with Gasteiger partial charge in [0, 0.05) is 24.2 Å². The minimum Gasteiger partial charge on any atom is -1.00 e. The molecule has 0 saturated carbocycles. The van der Waals surface area contributed by atoms with Gasteiger partial charge in [0.05, 0.1) is 7.11 Å². The summed E-state index contributed by atoms with van der Waals surface area (Å²) in [5, 5.41) is 3.43. The Balaban J connectivity index is 0.00000280. The molecule has 0 unspecified atom stereocenters. The molecule has 0 heterocycles. The molecule has 0 aliphatic carbocycles. The first-order valence-electron chi connectivity index (χ1n) is 8.95. The summed E-state index contributed by atoms with van der Waals surface area (Å²) >= 11 is 0. The van der Waals surface area contributed by atoms with Gasteiger partial charge in [-0.25, -0.2) is 4.39 Å². The van der Waals surface area contributed by atoms with Crippen molar-refractivity contribution in [2.24, 2.45) is 0 Å². The van der Waals surface area contributed by atoms with E-state index in [1.165, 1.54) is 17.2 Å². The lowest BCUT2D eigenvalue weighted by molar-refractivity contribution is -0.00000671. The van der Waals surface area contributed by atoms with Gasteiger partial charge in [0.15, 0.2) is 11.5 Å². The molecule has 0 atom stereocenters. The lowest BCUT2D eigenvalue weighted by atomic mass is 10.1. The maximum atomic E-state index is 13.9. The van der Waals surface area contributed by atoms with Gasteiger partial charge in [0.1, 0.15) is 12.4 Å². The highest BCUT2D eigenvalue weighted by atomic mass is 35.5. The number of methoxy groups -OCH3 is 1. The maximum Gasteiger partial charge on any atom is 0.166 e. The van der Waals surface area contributed by atoms with Gasteiger partial charge in [0.25, 0.3) is 0 Å². The smallest absolute Gasteiger partial charge is 0.166 e. The zero-order valence-electron chi connectivity index (χ0n) is 16.0. The standard InChI is InChI=1S/C23H24FNO2.ClH/c1-17-10-12-18(13-11-17)14-25-15-19-7-5-9-22(26-2)23(19)27-16-20-6-3-4-8-21(20)24;/h3-13,25H,14-16H2,1-2H3;1H/p-1. The van der Waals surface area contributed by atoms with E-state index in [1.807, 2.05) is 18.2 Å². The Bertz CT molecular complexity index is 884. The highest BCUT2D eigenvalue weighted by Gasteiger charge is 2.12. The van der Waals surface area contributed by atoms with E-state index in [0.717, 1.165) is 12.1 Å². The minimum absolute atomic E-state index is 0. The first kappa shape index (κ1) is 21.7. The third kappa shape index (κ3) is 5.72. The normalized spacial score (nSPS) is 10.2.